The second-order valence-corrected chi connectivity index (χ2v) is 15.4. The van der Waals surface area contributed by atoms with Gasteiger partial charge in [0.2, 0.25) is 5.91 Å². The van der Waals surface area contributed by atoms with Crippen molar-refractivity contribution in [3.8, 4) is 11.5 Å². The molecule has 0 aliphatic heterocycles. The molecule has 0 aliphatic rings. The molecule has 298 valence electrons. The Labute approximate surface area is 318 Å². The Bertz CT molecular complexity index is 1250. The Morgan fingerprint density at radius 1 is 0.642 bits per heavy atom. The minimum atomic E-state index is -4.24. The molecule has 2 aromatic carbocycles. The summed E-state index contributed by atoms with van der Waals surface area (Å²) in [5, 5.41) is 12.5. The number of nitrogens with one attached hydrogen (secondary N) is 1. The SMILES string of the molecule is CCCCCCCCCCCC(=O)OC(CCCCCCCCCCC)CC(=O)NC(CCOP(=O)(Oc1ccccc1)Oc1ccccc1)C(=O)O. The number of amides is 1. The van der Waals surface area contributed by atoms with E-state index in [4.69, 9.17) is 18.3 Å². The fourth-order valence-corrected chi connectivity index (χ4v) is 7.23. The predicted molar refractivity (Wildman–Crippen MR) is 210 cm³/mol. The molecule has 2 aromatic rings. The van der Waals surface area contributed by atoms with E-state index in [0.29, 0.717) is 12.8 Å². The van der Waals surface area contributed by atoms with Crippen molar-refractivity contribution in [2.45, 2.75) is 167 Å². The van der Waals surface area contributed by atoms with Gasteiger partial charge in [-0.25, -0.2) is 9.36 Å². The molecule has 0 fully saturated rings. The van der Waals surface area contributed by atoms with E-state index in [9.17, 15) is 24.1 Å². The van der Waals surface area contributed by atoms with Crippen LogP contribution in [-0.4, -0.2) is 41.7 Å². The number of unbranched alkanes of at least 4 members (excludes halogenated alkanes) is 16. The van der Waals surface area contributed by atoms with Crippen LogP contribution in [-0.2, 0) is 28.2 Å². The molecule has 11 heteroatoms. The standard InChI is InChI=1S/C42H66NO9P/c1-3-5-7-9-11-13-15-17-21-31-38(50-41(45)32-26-18-16-14-12-10-8-6-4-2)35-40(44)43-39(42(46)47)33-34-49-53(48,51-36-27-22-19-23-28-36)52-37-29-24-20-25-30-37/h19-20,22-25,27-30,38-39H,3-18,21,26,31-35H2,1-2H3,(H,43,44)(H,46,47). The highest BCUT2D eigenvalue weighted by molar-refractivity contribution is 7.49. The number of phosphoric acid groups is 1. The number of benzene rings is 2. The molecule has 0 radical (unpaired) electrons. The van der Waals surface area contributed by atoms with E-state index in [0.717, 1.165) is 44.9 Å². The van der Waals surface area contributed by atoms with Gasteiger partial charge in [-0.15, -0.1) is 0 Å². The maximum Gasteiger partial charge on any atom is 0.587 e. The Hall–Kier alpha value is -3.36. The van der Waals surface area contributed by atoms with Crippen molar-refractivity contribution in [1.29, 1.82) is 0 Å². The summed E-state index contributed by atoms with van der Waals surface area (Å²) in [5.41, 5.74) is 0. The fourth-order valence-electron chi connectivity index (χ4n) is 6.00. The predicted octanol–water partition coefficient (Wildman–Crippen LogP) is 11.4. The largest absolute Gasteiger partial charge is 0.587 e. The smallest absolute Gasteiger partial charge is 0.480 e. The van der Waals surface area contributed by atoms with E-state index in [1.54, 1.807) is 60.7 Å². The van der Waals surface area contributed by atoms with Crippen LogP contribution in [0.25, 0.3) is 0 Å². The number of carbonyl (C=O) groups excluding carboxylic acids is 2. The van der Waals surface area contributed by atoms with Crippen molar-refractivity contribution < 1.29 is 42.4 Å². The molecule has 0 spiro atoms. The lowest BCUT2D eigenvalue weighted by Crippen LogP contribution is -2.43. The van der Waals surface area contributed by atoms with Crippen LogP contribution in [0, 0.1) is 0 Å². The molecular weight excluding hydrogens is 693 g/mol. The molecule has 2 N–H and O–H groups in total. The number of carboxylic acids is 1. The highest BCUT2D eigenvalue weighted by Gasteiger charge is 2.32. The molecule has 53 heavy (non-hydrogen) atoms. The zero-order chi connectivity index (χ0) is 38.4. The second-order valence-electron chi connectivity index (χ2n) is 13.8. The molecule has 2 unspecified atom stereocenters. The molecule has 2 atom stereocenters. The summed E-state index contributed by atoms with van der Waals surface area (Å²) in [6.45, 7) is 4.08. The van der Waals surface area contributed by atoms with E-state index in [1.807, 2.05) is 0 Å². The van der Waals surface area contributed by atoms with Gasteiger partial charge in [0.1, 0.15) is 23.6 Å². The van der Waals surface area contributed by atoms with Crippen molar-refractivity contribution in [2.24, 2.45) is 0 Å². The average Bonchev–Trinajstić information content (AvgIpc) is 3.13. The lowest BCUT2D eigenvalue weighted by atomic mass is 10.0. The number of phosphoric ester groups is 1. The van der Waals surface area contributed by atoms with Gasteiger partial charge in [0.05, 0.1) is 13.0 Å². The number of para-hydroxylation sites is 2. The van der Waals surface area contributed by atoms with Gasteiger partial charge in [-0.2, -0.15) is 0 Å². The number of ether oxygens (including phenoxy) is 1. The first-order valence-corrected chi connectivity index (χ1v) is 21.7. The Morgan fingerprint density at radius 3 is 1.57 bits per heavy atom. The topological polar surface area (TPSA) is 137 Å². The van der Waals surface area contributed by atoms with Gasteiger partial charge in [0.15, 0.2) is 0 Å². The van der Waals surface area contributed by atoms with Gasteiger partial charge in [-0.1, -0.05) is 153 Å². The lowest BCUT2D eigenvalue weighted by molar-refractivity contribution is -0.151. The zero-order valence-electron chi connectivity index (χ0n) is 32.4. The van der Waals surface area contributed by atoms with Crippen LogP contribution in [0.4, 0.5) is 0 Å². The minimum absolute atomic E-state index is 0.141. The quantitative estimate of drug-likeness (QED) is 0.0414. The summed E-state index contributed by atoms with van der Waals surface area (Å²) in [4.78, 5) is 38.1. The number of carbonyl (C=O) groups is 3. The highest BCUT2D eigenvalue weighted by Crippen LogP contribution is 2.49. The van der Waals surface area contributed by atoms with E-state index in [-0.39, 0.29) is 36.9 Å². The molecule has 1 amide bonds. The highest BCUT2D eigenvalue weighted by atomic mass is 31.2. The van der Waals surface area contributed by atoms with Crippen molar-refractivity contribution in [3.05, 3.63) is 60.7 Å². The summed E-state index contributed by atoms with van der Waals surface area (Å²) in [6.07, 6.45) is 20.4. The van der Waals surface area contributed by atoms with Gasteiger partial charge < -0.3 is 24.2 Å². The molecule has 2 rings (SSSR count). The Kier molecular flexibility index (Phi) is 25.1. The van der Waals surface area contributed by atoms with Crippen LogP contribution in [0.3, 0.4) is 0 Å². The second kappa shape index (κ2) is 29.1. The van der Waals surface area contributed by atoms with Crippen LogP contribution in [0.15, 0.2) is 60.7 Å². The maximum atomic E-state index is 13.6. The van der Waals surface area contributed by atoms with Crippen LogP contribution in [0.5, 0.6) is 11.5 Å². The van der Waals surface area contributed by atoms with Crippen molar-refractivity contribution in [1.82, 2.24) is 5.32 Å². The molecule has 0 heterocycles. The summed E-state index contributed by atoms with van der Waals surface area (Å²) >= 11 is 0. The summed E-state index contributed by atoms with van der Waals surface area (Å²) < 4.78 is 36.2. The van der Waals surface area contributed by atoms with E-state index in [1.165, 1.54) is 70.6 Å². The number of esters is 1. The third-order valence-electron chi connectivity index (χ3n) is 9.04. The molecule has 10 nitrogen and oxygen atoms in total. The van der Waals surface area contributed by atoms with E-state index in [2.05, 4.69) is 19.2 Å². The summed E-state index contributed by atoms with van der Waals surface area (Å²) in [5.74, 6) is -1.64. The van der Waals surface area contributed by atoms with E-state index < -0.39 is 31.8 Å². The van der Waals surface area contributed by atoms with Crippen molar-refractivity contribution >= 4 is 25.7 Å². The van der Waals surface area contributed by atoms with Crippen LogP contribution in [0.2, 0.25) is 0 Å². The summed E-state index contributed by atoms with van der Waals surface area (Å²) in [7, 11) is -4.24. The first-order valence-electron chi connectivity index (χ1n) is 20.2. The molecule has 0 saturated carbocycles. The van der Waals surface area contributed by atoms with Gasteiger partial charge in [-0.05, 0) is 43.5 Å². The average molecular weight is 760 g/mol. The Balaban J connectivity index is 1.91. The van der Waals surface area contributed by atoms with Crippen LogP contribution >= 0.6 is 7.82 Å². The van der Waals surface area contributed by atoms with Crippen molar-refractivity contribution in [3.63, 3.8) is 0 Å². The van der Waals surface area contributed by atoms with Crippen LogP contribution < -0.4 is 14.4 Å². The van der Waals surface area contributed by atoms with Crippen LogP contribution in [0.1, 0.15) is 155 Å². The normalized spacial score (nSPS) is 12.5. The minimum Gasteiger partial charge on any atom is -0.480 e. The number of hydrogen-bond donors (Lipinski definition) is 2. The molecular formula is C42H66NO9P. The molecule has 0 saturated heterocycles. The van der Waals surface area contributed by atoms with E-state index >= 15 is 0 Å². The van der Waals surface area contributed by atoms with Crippen molar-refractivity contribution in [2.75, 3.05) is 6.61 Å². The number of aliphatic carboxylic acids is 1. The molecule has 0 aromatic heterocycles. The lowest BCUT2D eigenvalue weighted by Gasteiger charge is -2.21. The summed E-state index contributed by atoms with van der Waals surface area (Å²) in [6, 6.07) is 15.4. The van der Waals surface area contributed by atoms with Gasteiger partial charge in [0.25, 0.3) is 0 Å². The Morgan fingerprint density at radius 2 is 1.09 bits per heavy atom. The van der Waals surface area contributed by atoms with Gasteiger partial charge in [-0.3, -0.25) is 14.1 Å². The zero-order valence-corrected chi connectivity index (χ0v) is 33.2. The number of hydrogen-bond acceptors (Lipinski definition) is 8. The third-order valence-corrected chi connectivity index (χ3v) is 10.4. The fraction of sp³-hybridized carbons (Fsp3) is 0.643. The van der Waals surface area contributed by atoms with Gasteiger partial charge >= 0.3 is 19.8 Å². The number of carboxylic acid groups (broad SMARTS) is 1. The van der Waals surface area contributed by atoms with Gasteiger partial charge in [0, 0.05) is 12.8 Å². The monoisotopic (exact) mass is 759 g/mol. The first kappa shape index (κ1) is 45.8. The first-order chi connectivity index (χ1) is 25.7. The molecule has 0 bridgehead atoms. The third kappa shape index (κ3) is 23.1. The maximum absolute atomic E-state index is 13.6. The number of rotatable bonds is 33. The molecule has 0 aliphatic carbocycles.